The van der Waals surface area contributed by atoms with Gasteiger partial charge in [0.15, 0.2) is 0 Å². The summed E-state index contributed by atoms with van der Waals surface area (Å²) in [7, 11) is 1.96. The molecule has 0 amide bonds. The Kier molecular flexibility index (Phi) is 2.80. The molecule has 4 fully saturated rings. The van der Waals surface area contributed by atoms with Crippen LogP contribution in [0.25, 0.3) is 0 Å². The van der Waals surface area contributed by atoms with Gasteiger partial charge in [0.2, 0.25) is 0 Å². The van der Waals surface area contributed by atoms with Crippen molar-refractivity contribution in [2.75, 3.05) is 0 Å². The van der Waals surface area contributed by atoms with Gasteiger partial charge in [-0.3, -0.25) is 9.48 Å². The van der Waals surface area contributed by atoms with Gasteiger partial charge in [0.05, 0.1) is 0 Å². The summed E-state index contributed by atoms with van der Waals surface area (Å²) in [6, 6.07) is 2.03. The highest BCUT2D eigenvalue weighted by Gasteiger charge is 2.53. The van der Waals surface area contributed by atoms with E-state index in [4.69, 9.17) is 0 Å². The second-order valence-corrected chi connectivity index (χ2v) is 7.57. The van der Waals surface area contributed by atoms with Crippen LogP contribution in [0.15, 0.2) is 12.3 Å². The first kappa shape index (κ1) is 12.6. The van der Waals surface area contributed by atoms with Gasteiger partial charge in [0, 0.05) is 30.8 Å². The fraction of sp³-hybridized carbons (Fsp3) is 0.765. The zero-order valence-electron chi connectivity index (χ0n) is 12.3. The summed E-state index contributed by atoms with van der Waals surface area (Å²) in [5.41, 5.74) is 1.26. The normalized spacial score (nSPS) is 38.4. The molecule has 0 aromatic carbocycles. The number of carbonyl (C=O) groups excluding carboxylic acids is 1. The fourth-order valence-electron chi connectivity index (χ4n) is 5.61. The number of ketones is 1. The monoisotopic (exact) mass is 272 g/mol. The van der Waals surface area contributed by atoms with E-state index in [-0.39, 0.29) is 5.41 Å². The Bertz CT molecular complexity index is 496. The molecule has 0 unspecified atom stereocenters. The van der Waals surface area contributed by atoms with E-state index in [2.05, 4.69) is 5.10 Å². The lowest BCUT2D eigenvalue weighted by molar-refractivity contribution is -0.143. The Hall–Kier alpha value is -1.12. The van der Waals surface area contributed by atoms with Crippen LogP contribution >= 0.6 is 0 Å². The second kappa shape index (κ2) is 4.44. The van der Waals surface area contributed by atoms with Crippen LogP contribution < -0.4 is 0 Å². The molecule has 0 radical (unpaired) electrons. The van der Waals surface area contributed by atoms with Gasteiger partial charge in [0.25, 0.3) is 0 Å². The summed E-state index contributed by atoms with van der Waals surface area (Å²) in [5, 5.41) is 4.19. The minimum absolute atomic E-state index is 0.0767. The van der Waals surface area contributed by atoms with Crippen molar-refractivity contribution in [2.24, 2.45) is 30.2 Å². The van der Waals surface area contributed by atoms with E-state index in [1.165, 1.54) is 44.2 Å². The highest BCUT2D eigenvalue weighted by Crippen LogP contribution is 2.60. The van der Waals surface area contributed by atoms with E-state index in [9.17, 15) is 4.79 Å². The van der Waals surface area contributed by atoms with Crippen molar-refractivity contribution >= 4 is 5.78 Å². The third kappa shape index (κ3) is 1.94. The number of aryl methyl sites for hydroxylation is 2. The first-order valence-electron chi connectivity index (χ1n) is 8.15. The third-order valence-corrected chi connectivity index (χ3v) is 6.16. The first-order valence-corrected chi connectivity index (χ1v) is 8.15. The molecule has 3 heteroatoms. The maximum Gasteiger partial charge on any atom is 0.139 e. The van der Waals surface area contributed by atoms with Crippen LogP contribution in [0.1, 0.15) is 50.6 Å². The maximum absolute atomic E-state index is 12.9. The van der Waals surface area contributed by atoms with Gasteiger partial charge in [-0.15, -0.1) is 0 Å². The summed E-state index contributed by atoms with van der Waals surface area (Å²) in [5.74, 6) is 3.14. The molecule has 0 saturated heterocycles. The van der Waals surface area contributed by atoms with Gasteiger partial charge in [-0.25, -0.2) is 0 Å². The summed E-state index contributed by atoms with van der Waals surface area (Å²) >= 11 is 0. The molecular weight excluding hydrogens is 248 g/mol. The standard InChI is InChI=1S/C17H24N2O/c1-19-15(4-5-18-19)2-3-16(20)17-9-12-6-13(10-17)8-14(7-12)11-17/h4-5,12-14H,2-3,6-11H2,1H3. The van der Waals surface area contributed by atoms with E-state index < -0.39 is 0 Å². The van der Waals surface area contributed by atoms with Crippen LogP contribution in [0, 0.1) is 23.2 Å². The lowest BCUT2D eigenvalue weighted by atomic mass is 9.48. The van der Waals surface area contributed by atoms with Gasteiger partial charge < -0.3 is 0 Å². The molecule has 1 aromatic rings. The molecule has 108 valence electrons. The molecule has 0 N–H and O–H groups in total. The molecule has 4 aliphatic rings. The van der Waals surface area contributed by atoms with Crippen molar-refractivity contribution in [3.8, 4) is 0 Å². The van der Waals surface area contributed by atoms with Crippen LogP contribution in [0.2, 0.25) is 0 Å². The van der Waals surface area contributed by atoms with Crippen molar-refractivity contribution in [3.05, 3.63) is 18.0 Å². The van der Waals surface area contributed by atoms with Crippen LogP contribution in [-0.4, -0.2) is 15.6 Å². The minimum atomic E-state index is 0.0767. The summed E-state index contributed by atoms with van der Waals surface area (Å²) in [6.07, 6.45) is 11.2. The number of rotatable bonds is 4. The Morgan fingerprint density at radius 1 is 1.25 bits per heavy atom. The van der Waals surface area contributed by atoms with E-state index >= 15 is 0 Å². The molecule has 1 heterocycles. The Morgan fingerprint density at radius 2 is 1.85 bits per heavy atom. The van der Waals surface area contributed by atoms with Gasteiger partial charge in [-0.1, -0.05) is 0 Å². The number of Topliss-reactive ketones (excluding diaryl/α,β-unsaturated/α-hetero) is 1. The minimum Gasteiger partial charge on any atom is -0.299 e. The van der Waals surface area contributed by atoms with Crippen LogP contribution in [0.5, 0.6) is 0 Å². The summed E-state index contributed by atoms with van der Waals surface area (Å²) < 4.78 is 1.90. The quantitative estimate of drug-likeness (QED) is 0.844. The molecule has 4 saturated carbocycles. The van der Waals surface area contributed by atoms with Crippen molar-refractivity contribution in [1.29, 1.82) is 0 Å². The maximum atomic E-state index is 12.9. The van der Waals surface area contributed by atoms with Crippen molar-refractivity contribution in [3.63, 3.8) is 0 Å². The smallest absolute Gasteiger partial charge is 0.139 e. The zero-order valence-corrected chi connectivity index (χ0v) is 12.3. The van der Waals surface area contributed by atoms with Crippen molar-refractivity contribution in [1.82, 2.24) is 9.78 Å². The van der Waals surface area contributed by atoms with Gasteiger partial charge in [-0.2, -0.15) is 5.10 Å². The number of hydrogen-bond acceptors (Lipinski definition) is 2. The molecule has 20 heavy (non-hydrogen) atoms. The average molecular weight is 272 g/mol. The van der Waals surface area contributed by atoms with Crippen LogP contribution in [0.4, 0.5) is 0 Å². The Morgan fingerprint density at radius 3 is 2.35 bits per heavy atom. The zero-order chi connectivity index (χ0) is 13.7. The van der Waals surface area contributed by atoms with E-state index in [0.717, 1.165) is 24.2 Å². The Balaban J connectivity index is 1.47. The first-order chi connectivity index (χ1) is 9.64. The number of nitrogens with zero attached hydrogens (tertiary/aromatic N) is 2. The SMILES string of the molecule is Cn1nccc1CCC(=O)C12CC3CC(CC(C3)C1)C2. The number of hydrogen-bond donors (Lipinski definition) is 0. The molecule has 5 rings (SSSR count). The largest absolute Gasteiger partial charge is 0.299 e. The summed E-state index contributed by atoms with van der Waals surface area (Å²) in [4.78, 5) is 12.9. The molecule has 0 aliphatic heterocycles. The predicted molar refractivity (Wildman–Crippen MR) is 77.1 cm³/mol. The van der Waals surface area contributed by atoms with E-state index in [1.807, 2.05) is 24.0 Å². The molecular formula is C17H24N2O. The highest BCUT2D eigenvalue weighted by atomic mass is 16.1. The lowest BCUT2D eigenvalue weighted by Crippen LogP contribution is -2.50. The average Bonchev–Trinajstić information content (AvgIpc) is 2.80. The van der Waals surface area contributed by atoms with E-state index in [0.29, 0.717) is 12.2 Å². The molecule has 0 spiro atoms. The molecule has 3 nitrogen and oxygen atoms in total. The molecule has 0 atom stereocenters. The van der Waals surface area contributed by atoms with Crippen molar-refractivity contribution < 1.29 is 4.79 Å². The molecule has 1 aromatic heterocycles. The third-order valence-electron chi connectivity index (χ3n) is 6.16. The van der Waals surface area contributed by atoms with E-state index in [1.54, 1.807) is 0 Å². The highest BCUT2D eigenvalue weighted by molar-refractivity contribution is 5.85. The van der Waals surface area contributed by atoms with Crippen LogP contribution in [-0.2, 0) is 18.3 Å². The number of carbonyl (C=O) groups is 1. The molecule has 4 aliphatic carbocycles. The lowest BCUT2D eigenvalue weighted by Gasteiger charge is -2.56. The number of aromatic nitrogens is 2. The topological polar surface area (TPSA) is 34.9 Å². The second-order valence-electron chi connectivity index (χ2n) is 7.57. The summed E-state index contributed by atoms with van der Waals surface area (Å²) in [6.45, 7) is 0. The van der Waals surface area contributed by atoms with Crippen molar-refractivity contribution in [2.45, 2.75) is 51.4 Å². The predicted octanol–water partition coefficient (Wildman–Crippen LogP) is 3.14. The Labute approximate surface area is 120 Å². The van der Waals surface area contributed by atoms with Gasteiger partial charge in [-0.05, 0) is 68.8 Å². The van der Waals surface area contributed by atoms with Gasteiger partial charge >= 0.3 is 0 Å². The van der Waals surface area contributed by atoms with Crippen LogP contribution in [0.3, 0.4) is 0 Å². The molecule has 4 bridgehead atoms. The fourth-order valence-corrected chi connectivity index (χ4v) is 5.61. The van der Waals surface area contributed by atoms with Gasteiger partial charge in [0.1, 0.15) is 5.78 Å².